The number of amides is 2. The van der Waals surface area contributed by atoms with Crippen LogP contribution in [0, 0.1) is 19.8 Å². The van der Waals surface area contributed by atoms with E-state index in [9.17, 15) is 9.59 Å². The van der Waals surface area contributed by atoms with Crippen LogP contribution in [0.2, 0.25) is 0 Å². The normalized spacial score (nSPS) is 16.5. The Morgan fingerprint density at radius 3 is 2.61 bits per heavy atom. The smallest absolute Gasteiger partial charge is 0.279 e. The maximum absolute atomic E-state index is 12.1. The Labute approximate surface area is 136 Å². The second-order valence-corrected chi connectivity index (χ2v) is 5.82. The number of benzene rings is 1. The highest BCUT2D eigenvalue weighted by atomic mass is 16.5. The molecule has 1 heterocycles. The summed E-state index contributed by atoms with van der Waals surface area (Å²) >= 11 is 0. The Hall–Kier alpha value is -2.08. The van der Waals surface area contributed by atoms with Gasteiger partial charge in [0.25, 0.3) is 5.91 Å². The molecule has 0 saturated carbocycles. The topological polar surface area (TPSA) is 76.7 Å². The third-order valence-electron chi connectivity index (χ3n) is 4.13. The van der Waals surface area contributed by atoms with Crippen molar-refractivity contribution in [3.63, 3.8) is 0 Å². The first kappa shape index (κ1) is 17.3. The van der Waals surface area contributed by atoms with Gasteiger partial charge in [0, 0.05) is 19.1 Å². The van der Waals surface area contributed by atoms with Crippen LogP contribution in [0.15, 0.2) is 18.2 Å². The highest BCUT2D eigenvalue weighted by molar-refractivity contribution is 5.85. The van der Waals surface area contributed by atoms with Gasteiger partial charge in [0.15, 0.2) is 6.10 Å². The van der Waals surface area contributed by atoms with E-state index in [4.69, 9.17) is 9.47 Å². The molecule has 1 unspecified atom stereocenters. The van der Waals surface area contributed by atoms with E-state index < -0.39 is 6.10 Å². The molecule has 2 amide bonds. The van der Waals surface area contributed by atoms with Crippen molar-refractivity contribution in [2.24, 2.45) is 5.92 Å². The standard InChI is InChI=1S/C17H24N2O4/c1-11-5-4-6-15(12(11)2)23-13(3)16(20)18-19-17(21)14-7-9-22-10-8-14/h4-6,13-14H,7-10H2,1-3H3,(H,18,20)(H,19,21). The average molecular weight is 320 g/mol. The zero-order valence-electron chi connectivity index (χ0n) is 13.8. The third-order valence-corrected chi connectivity index (χ3v) is 4.13. The van der Waals surface area contributed by atoms with Crippen molar-refractivity contribution < 1.29 is 19.1 Å². The van der Waals surface area contributed by atoms with Crippen LogP contribution in [0.25, 0.3) is 0 Å². The van der Waals surface area contributed by atoms with Gasteiger partial charge in [-0.2, -0.15) is 0 Å². The highest BCUT2D eigenvalue weighted by Crippen LogP contribution is 2.21. The molecule has 2 rings (SSSR count). The van der Waals surface area contributed by atoms with Crippen molar-refractivity contribution in [2.75, 3.05) is 13.2 Å². The number of aryl methyl sites for hydroxylation is 1. The molecule has 6 nitrogen and oxygen atoms in total. The molecular formula is C17H24N2O4. The molecule has 1 aromatic carbocycles. The van der Waals surface area contributed by atoms with Gasteiger partial charge in [-0.25, -0.2) is 0 Å². The lowest BCUT2D eigenvalue weighted by Gasteiger charge is -2.22. The Bertz CT molecular complexity index is 568. The Balaban J connectivity index is 1.82. The van der Waals surface area contributed by atoms with Gasteiger partial charge < -0.3 is 9.47 Å². The molecule has 1 fully saturated rings. The lowest BCUT2D eigenvalue weighted by Crippen LogP contribution is -2.49. The molecule has 6 heteroatoms. The van der Waals surface area contributed by atoms with Crippen LogP contribution < -0.4 is 15.6 Å². The molecular weight excluding hydrogens is 296 g/mol. The van der Waals surface area contributed by atoms with E-state index in [2.05, 4.69) is 10.9 Å². The van der Waals surface area contributed by atoms with Crippen molar-refractivity contribution in [2.45, 2.75) is 39.7 Å². The van der Waals surface area contributed by atoms with Crippen molar-refractivity contribution in [3.05, 3.63) is 29.3 Å². The minimum Gasteiger partial charge on any atom is -0.481 e. The summed E-state index contributed by atoms with van der Waals surface area (Å²) in [6.07, 6.45) is 0.650. The van der Waals surface area contributed by atoms with Crippen molar-refractivity contribution in [1.29, 1.82) is 0 Å². The predicted octanol–water partition coefficient (Wildman–Crippen LogP) is 1.64. The summed E-state index contributed by atoms with van der Waals surface area (Å²) in [5.74, 6) is -0.00500. The van der Waals surface area contributed by atoms with E-state index >= 15 is 0 Å². The molecule has 2 N–H and O–H groups in total. The van der Waals surface area contributed by atoms with Gasteiger partial charge in [0.05, 0.1) is 0 Å². The summed E-state index contributed by atoms with van der Waals surface area (Å²) in [5, 5.41) is 0. The fourth-order valence-corrected chi connectivity index (χ4v) is 2.38. The van der Waals surface area contributed by atoms with Gasteiger partial charge in [-0.15, -0.1) is 0 Å². The molecule has 0 spiro atoms. The number of rotatable bonds is 4. The summed E-state index contributed by atoms with van der Waals surface area (Å²) in [5.41, 5.74) is 7.00. The molecule has 23 heavy (non-hydrogen) atoms. The quantitative estimate of drug-likeness (QED) is 0.827. The van der Waals surface area contributed by atoms with Crippen molar-refractivity contribution >= 4 is 11.8 Å². The first-order valence-electron chi connectivity index (χ1n) is 7.89. The van der Waals surface area contributed by atoms with E-state index in [0.717, 1.165) is 11.1 Å². The molecule has 0 aromatic heterocycles. The Morgan fingerprint density at radius 1 is 1.22 bits per heavy atom. The van der Waals surface area contributed by atoms with Gasteiger partial charge >= 0.3 is 0 Å². The second-order valence-electron chi connectivity index (χ2n) is 5.82. The summed E-state index contributed by atoms with van der Waals surface area (Å²) in [6, 6.07) is 5.70. The number of carbonyl (C=O) groups excluding carboxylic acids is 2. The molecule has 0 aliphatic carbocycles. The molecule has 0 bridgehead atoms. The van der Waals surface area contributed by atoms with Crippen LogP contribution in [0.1, 0.15) is 30.9 Å². The second kappa shape index (κ2) is 7.97. The zero-order chi connectivity index (χ0) is 16.8. The molecule has 0 radical (unpaired) electrons. The monoisotopic (exact) mass is 320 g/mol. The maximum Gasteiger partial charge on any atom is 0.279 e. The van der Waals surface area contributed by atoms with E-state index in [1.807, 2.05) is 32.0 Å². The Morgan fingerprint density at radius 2 is 1.91 bits per heavy atom. The van der Waals surface area contributed by atoms with Gasteiger partial charge in [0.2, 0.25) is 5.91 Å². The minimum atomic E-state index is -0.703. The number of carbonyl (C=O) groups is 2. The van der Waals surface area contributed by atoms with Crippen LogP contribution in [0.3, 0.4) is 0 Å². The largest absolute Gasteiger partial charge is 0.481 e. The number of hydrogen-bond acceptors (Lipinski definition) is 4. The first-order valence-corrected chi connectivity index (χ1v) is 7.89. The van der Waals surface area contributed by atoms with Gasteiger partial charge in [-0.1, -0.05) is 12.1 Å². The summed E-state index contributed by atoms with van der Waals surface area (Å²) in [7, 11) is 0. The lowest BCUT2D eigenvalue weighted by atomic mass is 10.00. The van der Waals surface area contributed by atoms with E-state index in [1.54, 1.807) is 6.92 Å². The highest BCUT2D eigenvalue weighted by Gasteiger charge is 2.23. The van der Waals surface area contributed by atoms with Crippen molar-refractivity contribution in [1.82, 2.24) is 10.9 Å². The van der Waals surface area contributed by atoms with Crippen LogP contribution in [0.5, 0.6) is 5.75 Å². The van der Waals surface area contributed by atoms with Crippen molar-refractivity contribution in [3.8, 4) is 5.75 Å². The zero-order valence-corrected chi connectivity index (χ0v) is 13.8. The average Bonchev–Trinajstić information content (AvgIpc) is 2.57. The number of ether oxygens (including phenoxy) is 2. The van der Waals surface area contributed by atoms with Crippen LogP contribution in [0.4, 0.5) is 0 Å². The molecule has 1 aliphatic heterocycles. The van der Waals surface area contributed by atoms with E-state index in [1.165, 1.54) is 0 Å². The summed E-state index contributed by atoms with van der Waals surface area (Å²) in [6.45, 7) is 6.75. The number of hydrazine groups is 1. The van der Waals surface area contributed by atoms with E-state index in [0.29, 0.717) is 31.8 Å². The predicted molar refractivity (Wildman–Crippen MR) is 85.8 cm³/mol. The molecule has 1 saturated heterocycles. The molecule has 1 aromatic rings. The summed E-state index contributed by atoms with van der Waals surface area (Å²) < 4.78 is 10.9. The fourth-order valence-electron chi connectivity index (χ4n) is 2.38. The van der Waals surface area contributed by atoms with Crippen LogP contribution in [-0.4, -0.2) is 31.1 Å². The number of nitrogens with one attached hydrogen (secondary N) is 2. The van der Waals surface area contributed by atoms with E-state index in [-0.39, 0.29) is 17.7 Å². The molecule has 126 valence electrons. The fraction of sp³-hybridized carbons (Fsp3) is 0.529. The molecule has 1 atom stereocenters. The maximum atomic E-state index is 12.1. The van der Waals surface area contributed by atoms with Gasteiger partial charge in [-0.3, -0.25) is 20.4 Å². The Kier molecular flexibility index (Phi) is 5.98. The summed E-state index contributed by atoms with van der Waals surface area (Å²) in [4.78, 5) is 24.0. The molecule has 1 aliphatic rings. The van der Waals surface area contributed by atoms with Gasteiger partial charge in [-0.05, 0) is 50.8 Å². The van der Waals surface area contributed by atoms with Crippen LogP contribution >= 0.6 is 0 Å². The minimum absolute atomic E-state index is 0.112. The van der Waals surface area contributed by atoms with Gasteiger partial charge in [0.1, 0.15) is 5.75 Å². The number of hydrogen-bond donors (Lipinski definition) is 2. The first-order chi connectivity index (χ1) is 11.0. The van der Waals surface area contributed by atoms with Crippen LogP contribution in [-0.2, 0) is 14.3 Å². The third kappa shape index (κ3) is 4.69. The lowest BCUT2D eigenvalue weighted by molar-refractivity contribution is -0.135. The SMILES string of the molecule is Cc1cccc(OC(C)C(=O)NNC(=O)C2CCOCC2)c1C.